The number of rotatable bonds is 4. The van der Waals surface area contributed by atoms with E-state index in [9.17, 15) is 17.6 Å². The van der Waals surface area contributed by atoms with Crippen LogP contribution < -0.4 is 5.32 Å². The first-order chi connectivity index (χ1) is 10.3. The number of alkyl halides is 3. The van der Waals surface area contributed by atoms with Crippen molar-refractivity contribution in [3.63, 3.8) is 0 Å². The highest BCUT2D eigenvalue weighted by Crippen LogP contribution is 2.32. The zero-order valence-electron chi connectivity index (χ0n) is 12.3. The standard InChI is InChI=1S/C17H17F4N/c1-11(13-6-4-3-5-7-13)22-12(2)14-8-15(17(19,20)21)10-16(18)9-14/h3-12,22H,1-2H3. The van der Waals surface area contributed by atoms with Crippen molar-refractivity contribution < 1.29 is 17.6 Å². The maximum atomic E-state index is 13.5. The fourth-order valence-electron chi connectivity index (χ4n) is 2.34. The normalized spacial score (nSPS) is 14.6. The summed E-state index contributed by atoms with van der Waals surface area (Å²) < 4.78 is 51.7. The van der Waals surface area contributed by atoms with E-state index < -0.39 is 23.6 Å². The molecule has 1 N–H and O–H groups in total. The number of hydrogen-bond donors (Lipinski definition) is 1. The Bertz CT molecular complexity index is 622. The summed E-state index contributed by atoms with van der Waals surface area (Å²) in [5.41, 5.74) is 0.320. The second-order valence-corrected chi connectivity index (χ2v) is 5.29. The van der Waals surface area contributed by atoms with Crippen LogP contribution in [0.2, 0.25) is 0 Å². The van der Waals surface area contributed by atoms with Crippen molar-refractivity contribution in [3.05, 3.63) is 71.0 Å². The van der Waals surface area contributed by atoms with Gasteiger partial charge in [-0.05, 0) is 43.2 Å². The lowest BCUT2D eigenvalue weighted by molar-refractivity contribution is -0.137. The topological polar surface area (TPSA) is 12.0 Å². The molecule has 0 saturated carbocycles. The molecule has 118 valence electrons. The van der Waals surface area contributed by atoms with Crippen LogP contribution in [-0.4, -0.2) is 0 Å². The molecule has 2 atom stereocenters. The summed E-state index contributed by atoms with van der Waals surface area (Å²) in [7, 11) is 0. The summed E-state index contributed by atoms with van der Waals surface area (Å²) in [6, 6.07) is 11.7. The van der Waals surface area contributed by atoms with E-state index in [1.54, 1.807) is 6.92 Å². The first-order valence-electron chi connectivity index (χ1n) is 6.96. The number of halogens is 4. The third-order valence-corrected chi connectivity index (χ3v) is 3.55. The third-order valence-electron chi connectivity index (χ3n) is 3.55. The van der Waals surface area contributed by atoms with E-state index in [0.717, 1.165) is 17.7 Å². The van der Waals surface area contributed by atoms with Crippen LogP contribution in [0, 0.1) is 5.82 Å². The van der Waals surface area contributed by atoms with Crippen molar-refractivity contribution >= 4 is 0 Å². The van der Waals surface area contributed by atoms with Gasteiger partial charge in [0.2, 0.25) is 0 Å². The van der Waals surface area contributed by atoms with Gasteiger partial charge in [0.05, 0.1) is 5.56 Å². The molecule has 0 fully saturated rings. The van der Waals surface area contributed by atoms with E-state index in [-0.39, 0.29) is 11.6 Å². The number of hydrogen-bond acceptors (Lipinski definition) is 1. The van der Waals surface area contributed by atoms with Crippen molar-refractivity contribution in [1.29, 1.82) is 0 Å². The van der Waals surface area contributed by atoms with E-state index in [1.165, 1.54) is 0 Å². The average Bonchev–Trinajstić information content (AvgIpc) is 2.46. The molecule has 0 aliphatic heterocycles. The lowest BCUT2D eigenvalue weighted by Crippen LogP contribution is -2.23. The molecule has 0 amide bonds. The third kappa shape index (κ3) is 4.07. The Morgan fingerprint density at radius 1 is 0.864 bits per heavy atom. The highest BCUT2D eigenvalue weighted by Gasteiger charge is 2.31. The molecular formula is C17H17F4N. The van der Waals surface area contributed by atoms with Crippen molar-refractivity contribution in [3.8, 4) is 0 Å². The van der Waals surface area contributed by atoms with Crippen LogP contribution >= 0.6 is 0 Å². The molecule has 0 aromatic heterocycles. The zero-order chi connectivity index (χ0) is 16.3. The Hall–Kier alpha value is -1.88. The van der Waals surface area contributed by atoms with Gasteiger partial charge in [0.1, 0.15) is 5.82 Å². The summed E-state index contributed by atoms with van der Waals surface area (Å²) >= 11 is 0. The zero-order valence-corrected chi connectivity index (χ0v) is 12.3. The van der Waals surface area contributed by atoms with E-state index in [4.69, 9.17) is 0 Å². The largest absolute Gasteiger partial charge is 0.416 e. The van der Waals surface area contributed by atoms with Crippen LogP contribution in [0.3, 0.4) is 0 Å². The van der Waals surface area contributed by atoms with Gasteiger partial charge in [0, 0.05) is 12.1 Å². The van der Waals surface area contributed by atoms with Gasteiger partial charge in [-0.3, -0.25) is 0 Å². The minimum absolute atomic E-state index is 0.0613. The minimum Gasteiger partial charge on any atom is -0.304 e. The van der Waals surface area contributed by atoms with Crippen LogP contribution in [-0.2, 0) is 6.18 Å². The SMILES string of the molecule is CC(NC(C)c1cc(F)cc(C(F)(F)F)c1)c1ccccc1. The molecule has 2 aromatic carbocycles. The van der Waals surface area contributed by atoms with Crippen LogP contribution in [0.15, 0.2) is 48.5 Å². The predicted octanol–water partition coefficient (Wildman–Crippen LogP) is 5.26. The van der Waals surface area contributed by atoms with Gasteiger partial charge in [-0.25, -0.2) is 4.39 Å². The Morgan fingerprint density at radius 3 is 2.05 bits per heavy atom. The molecule has 0 spiro atoms. The van der Waals surface area contributed by atoms with Crippen molar-refractivity contribution in [2.45, 2.75) is 32.1 Å². The molecule has 2 aromatic rings. The van der Waals surface area contributed by atoms with Gasteiger partial charge >= 0.3 is 6.18 Å². The van der Waals surface area contributed by atoms with Gasteiger partial charge in [-0.2, -0.15) is 13.2 Å². The molecule has 1 nitrogen and oxygen atoms in total. The molecule has 0 aliphatic carbocycles. The van der Waals surface area contributed by atoms with Gasteiger partial charge in [0.15, 0.2) is 0 Å². The quantitative estimate of drug-likeness (QED) is 0.760. The molecule has 5 heteroatoms. The second-order valence-electron chi connectivity index (χ2n) is 5.29. The van der Waals surface area contributed by atoms with Gasteiger partial charge in [0.25, 0.3) is 0 Å². The summed E-state index contributed by atoms with van der Waals surface area (Å²) in [5, 5.41) is 3.18. The van der Waals surface area contributed by atoms with Crippen molar-refractivity contribution in [2.75, 3.05) is 0 Å². The van der Waals surface area contributed by atoms with Gasteiger partial charge in [-0.15, -0.1) is 0 Å². The van der Waals surface area contributed by atoms with E-state index in [0.29, 0.717) is 6.07 Å². The summed E-state index contributed by atoms with van der Waals surface area (Å²) in [6.07, 6.45) is -4.55. The first kappa shape index (κ1) is 16.5. The highest BCUT2D eigenvalue weighted by molar-refractivity contribution is 5.29. The maximum Gasteiger partial charge on any atom is 0.416 e. The fourth-order valence-corrected chi connectivity index (χ4v) is 2.34. The molecule has 0 heterocycles. The number of benzene rings is 2. The van der Waals surface area contributed by atoms with Gasteiger partial charge in [-0.1, -0.05) is 30.3 Å². The fraction of sp³-hybridized carbons (Fsp3) is 0.294. The monoisotopic (exact) mass is 311 g/mol. The lowest BCUT2D eigenvalue weighted by Gasteiger charge is -2.21. The molecule has 2 rings (SSSR count). The predicted molar refractivity (Wildman–Crippen MR) is 77.8 cm³/mol. The average molecular weight is 311 g/mol. The van der Waals surface area contributed by atoms with E-state index in [2.05, 4.69) is 5.32 Å². The Labute approximate surface area is 127 Å². The smallest absolute Gasteiger partial charge is 0.304 e. The summed E-state index contributed by atoms with van der Waals surface area (Å²) in [6.45, 7) is 3.63. The van der Waals surface area contributed by atoms with E-state index >= 15 is 0 Å². The van der Waals surface area contributed by atoms with Crippen molar-refractivity contribution in [2.24, 2.45) is 0 Å². The highest BCUT2D eigenvalue weighted by atomic mass is 19.4. The van der Waals surface area contributed by atoms with Gasteiger partial charge < -0.3 is 5.32 Å². The molecule has 0 aliphatic rings. The summed E-state index contributed by atoms with van der Waals surface area (Å²) in [5.74, 6) is -0.883. The molecule has 0 radical (unpaired) electrons. The molecule has 22 heavy (non-hydrogen) atoms. The Morgan fingerprint density at radius 2 is 1.45 bits per heavy atom. The minimum atomic E-state index is -4.55. The number of nitrogens with one attached hydrogen (secondary N) is 1. The Balaban J connectivity index is 2.19. The van der Waals surface area contributed by atoms with Crippen molar-refractivity contribution in [1.82, 2.24) is 5.32 Å². The van der Waals surface area contributed by atoms with Crippen LogP contribution in [0.4, 0.5) is 17.6 Å². The maximum absolute atomic E-state index is 13.5. The van der Waals surface area contributed by atoms with Crippen LogP contribution in [0.1, 0.15) is 42.6 Å². The first-order valence-corrected chi connectivity index (χ1v) is 6.96. The molecule has 2 unspecified atom stereocenters. The molecule has 0 bridgehead atoms. The summed E-state index contributed by atoms with van der Waals surface area (Å²) in [4.78, 5) is 0. The lowest BCUT2D eigenvalue weighted by atomic mass is 10.0. The molecule has 0 saturated heterocycles. The van der Waals surface area contributed by atoms with Crippen LogP contribution in [0.5, 0.6) is 0 Å². The second kappa shape index (κ2) is 6.48. The Kier molecular flexibility index (Phi) is 4.86. The molecular weight excluding hydrogens is 294 g/mol. The van der Waals surface area contributed by atoms with Crippen LogP contribution in [0.25, 0.3) is 0 Å². The van der Waals surface area contributed by atoms with E-state index in [1.807, 2.05) is 37.3 Å².